The standard InChI is InChI=1S/C22H28N2O3/c25-21-19(14-23-10-5-2-6-11-23)16-27-22(26)20(21)15-24-12-9-18(13-24)17-7-3-1-4-8-17/h1,3-4,7-8,16,18,25H,2,5-6,9-15H2/t18-/m1/s1. The first-order chi connectivity index (χ1) is 13.2. The molecule has 1 aromatic heterocycles. The third-order valence-corrected chi connectivity index (χ3v) is 5.91. The SMILES string of the molecule is O=c1occ(CN2CCCCC2)c(O)c1CN1CC[C@@H](c2ccccc2)C1. The van der Waals surface area contributed by atoms with Gasteiger partial charge in [-0.25, -0.2) is 4.79 Å². The second-order valence-electron chi connectivity index (χ2n) is 7.84. The zero-order valence-corrected chi connectivity index (χ0v) is 15.8. The smallest absolute Gasteiger partial charge is 0.343 e. The van der Waals surface area contributed by atoms with Crippen molar-refractivity contribution in [2.24, 2.45) is 0 Å². The molecule has 0 radical (unpaired) electrons. The summed E-state index contributed by atoms with van der Waals surface area (Å²) in [5.41, 5.74) is 2.05. The highest BCUT2D eigenvalue weighted by molar-refractivity contribution is 5.36. The van der Waals surface area contributed by atoms with E-state index in [9.17, 15) is 9.90 Å². The molecule has 2 fully saturated rings. The van der Waals surface area contributed by atoms with E-state index in [2.05, 4.69) is 34.1 Å². The number of nitrogens with zero attached hydrogens (tertiary/aromatic N) is 2. The molecule has 5 nitrogen and oxygen atoms in total. The molecule has 2 aliphatic rings. The Morgan fingerprint density at radius 1 is 1.00 bits per heavy atom. The summed E-state index contributed by atoms with van der Waals surface area (Å²) in [6, 6.07) is 10.5. The predicted molar refractivity (Wildman–Crippen MR) is 105 cm³/mol. The minimum absolute atomic E-state index is 0.125. The van der Waals surface area contributed by atoms with Gasteiger partial charge in [-0.2, -0.15) is 0 Å². The Bertz CT molecular complexity index is 812. The third kappa shape index (κ3) is 4.25. The fourth-order valence-electron chi connectivity index (χ4n) is 4.35. The van der Waals surface area contributed by atoms with Crippen molar-refractivity contribution in [1.29, 1.82) is 0 Å². The fraction of sp³-hybridized carbons (Fsp3) is 0.500. The van der Waals surface area contributed by atoms with Crippen molar-refractivity contribution in [3.8, 4) is 5.75 Å². The van der Waals surface area contributed by atoms with E-state index in [0.717, 1.165) is 38.2 Å². The Labute approximate surface area is 160 Å². The molecule has 0 amide bonds. The van der Waals surface area contributed by atoms with E-state index in [1.165, 1.54) is 31.1 Å². The minimum Gasteiger partial charge on any atom is -0.507 e. The lowest BCUT2D eigenvalue weighted by Crippen LogP contribution is -2.30. The summed E-state index contributed by atoms with van der Waals surface area (Å²) in [6.45, 7) is 5.01. The maximum atomic E-state index is 12.3. The molecule has 3 heterocycles. The molecular weight excluding hydrogens is 340 g/mol. The van der Waals surface area contributed by atoms with Crippen molar-refractivity contribution in [3.05, 3.63) is 63.7 Å². The van der Waals surface area contributed by atoms with Gasteiger partial charge in [0.25, 0.3) is 0 Å². The summed E-state index contributed by atoms with van der Waals surface area (Å²) in [5.74, 6) is 0.608. The lowest BCUT2D eigenvalue weighted by atomic mass is 9.99. The molecule has 1 atom stereocenters. The monoisotopic (exact) mass is 368 g/mol. The summed E-state index contributed by atoms with van der Waals surface area (Å²) in [7, 11) is 0. The lowest BCUT2D eigenvalue weighted by molar-refractivity contribution is 0.215. The van der Waals surface area contributed by atoms with Crippen molar-refractivity contribution in [2.45, 2.75) is 44.7 Å². The number of likely N-dealkylation sites (tertiary alicyclic amines) is 2. The lowest BCUT2D eigenvalue weighted by Gasteiger charge is -2.26. The van der Waals surface area contributed by atoms with E-state index < -0.39 is 5.63 Å². The van der Waals surface area contributed by atoms with Gasteiger partial charge in [0, 0.05) is 25.2 Å². The highest BCUT2D eigenvalue weighted by Gasteiger charge is 2.26. The van der Waals surface area contributed by atoms with Crippen LogP contribution >= 0.6 is 0 Å². The molecule has 0 saturated carbocycles. The summed E-state index contributed by atoms with van der Waals surface area (Å²) >= 11 is 0. The molecule has 2 saturated heterocycles. The van der Waals surface area contributed by atoms with Crippen LogP contribution in [0, 0.1) is 0 Å². The highest BCUT2D eigenvalue weighted by atomic mass is 16.4. The van der Waals surface area contributed by atoms with Crippen LogP contribution in [0.5, 0.6) is 5.75 Å². The summed E-state index contributed by atoms with van der Waals surface area (Å²) < 4.78 is 5.26. The maximum Gasteiger partial charge on any atom is 0.343 e. The molecule has 0 unspecified atom stereocenters. The minimum atomic E-state index is -0.418. The van der Waals surface area contributed by atoms with Crippen LogP contribution in [0.15, 0.2) is 45.8 Å². The molecule has 1 aromatic carbocycles. The van der Waals surface area contributed by atoms with Crippen LogP contribution in [-0.4, -0.2) is 41.1 Å². The maximum absolute atomic E-state index is 12.3. The Morgan fingerprint density at radius 3 is 2.56 bits per heavy atom. The van der Waals surface area contributed by atoms with Crippen LogP contribution in [0.4, 0.5) is 0 Å². The van der Waals surface area contributed by atoms with Gasteiger partial charge in [-0.3, -0.25) is 9.80 Å². The van der Waals surface area contributed by atoms with Crippen LogP contribution in [0.2, 0.25) is 0 Å². The molecule has 0 spiro atoms. The molecular formula is C22H28N2O3. The van der Waals surface area contributed by atoms with E-state index in [4.69, 9.17) is 4.42 Å². The normalized spacial score (nSPS) is 21.6. The molecule has 4 rings (SSSR count). The van der Waals surface area contributed by atoms with Gasteiger partial charge < -0.3 is 9.52 Å². The second kappa shape index (κ2) is 8.28. The zero-order valence-electron chi connectivity index (χ0n) is 15.8. The second-order valence-corrected chi connectivity index (χ2v) is 7.84. The van der Waals surface area contributed by atoms with Crippen LogP contribution in [0.25, 0.3) is 0 Å². The Morgan fingerprint density at radius 2 is 1.78 bits per heavy atom. The summed E-state index contributed by atoms with van der Waals surface area (Å²) in [4.78, 5) is 16.8. The Kier molecular flexibility index (Phi) is 5.60. The van der Waals surface area contributed by atoms with Gasteiger partial charge in [-0.15, -0.1) is 0 Å². The fourth-order valence-corrected chi connectivity index (χ4v) is 4.35. The van der Waals surface area contributed by atoms with Crippen LogP contribution in [-0.2, 0) is 13.1 Å². The van der Waals surface area contributed by atoms with Gasteiger partial charge in [0.2, 0.25) is 0 Å². The first-order valence-electron chi connectivity index (χ1n) is 10.0. The summed E-state index contributed by atoms with van der Waals surface area (Å²) in [5, 5.41) is 10.7. The molecule has 5 heteroatoms. The molecule has 144 valence electrons. The number of aromatic hydroxyl groups is 1. The number of rotatable bonds is 5. The van der Waals surface area contributed by atoms with Crippen molar-refractivity contribution >= 4 is 0 Å². The van der Waals surface area contributed by atoms with Gasteiger partial charge in [0.1, 0.15) is 12.0 Å². The van der Waals surface area contributed by atoms with Crippen molar-refractivity contribution in [2.75, 3.05) is 26.2 Å². The van der Waals surface area contributed by atoms with Crippen LogP contribution in [0.1, 0.15) is 48.3 Å². The van der Waals surface area contributed by atoms with Gasteiger partial charge in [0.05, 0.1) is 5.56 Å². The van der Waals surface area contributed by atoms with Gasteiger partial charge >= 0.3 is 5.63 Å². The predicted octanol–water partition coefficient (Wildman–Crippen LogP) is 3.32. The average Bonchev–Trinajstić information content (AvgIpc) is 3.18. The first kappa shape index (κ1) is 18.3. The van der Waals surface area contributed by atoms with Crippen molar-refractivity contribution in [1.82, 2.24) is 9.80 Å². The van der Waals surface area contributed by atoms with E-state index in [0.29, 0.717) is 24.6 Å². The van der Waals surface area contributed by atoms with Gasteiger partial charge in [-0.05, 0) is 50.4 Å². The summed E-state index contributed by atoms with van der Waals surface area (Å²) in [6.07, 6.45) is 6.17. The first-order valence-corrected chi connectivity index (χ1v) is 10.0. The van der Waals surface area contributed by atoms with Crippen LogP contribution < -0.4 is 5.63 Å². The third-order valence-electron chi connectivity index (χ3n) is 5.91. The number of piperidine rings is 1. The quantitative estimate of drug-likeness (QED) is 0.877. The molecule has 2 aromatic rings. The number of benzene rings is 1. The molecule has 0 bridgehead atoms. The van der Waals surface area contributed by atoms with Crippen LogP contribution in [0.3, 0.4) is 0 Å². The molecule has 1 N–H and O–H groups in total. The molecule has 27 heavy (non-hydrogen) atoms. The number of hydrogen-bond acceptors (Lipinski definition) is 5. The van der Waals surface area contributed by atoms with Crippen molar-refractivity contribution < 1.29 is 9.52 Å². The van der Waals surface area contributed by atoms with Gasteiger partial charge in [-0.1, -0.05) is 36.8 Å². The van der Waals surface area contributed by atoms with E-state index in [1.54, 1.807) is 0 Å². The number of hydrogen-bond donors (Lipinski definition) is 1. The molecule has 0 aliphatic carbocycles. The average molecular weight is 368 g/mol. The highest BCUT2D eigenvalue weighted by Crippen LogP contribution is 2.30. The zero-order chi connectivity index (χ0) is 18.6. The topological polar surface area (TPSA) is 56.9 Å². The Balaban J connectivity index is 1.45. The Hall–Kier alpha value is -2.11. The largest absolute Gasteiger partial charge is 0.507 e. The van der Waals surface area contributed by atoms with Crippen molar-refractivity contribution in [3.63, 3.8) is 0 Å². The van der Waals surface area contributed by atoms with Gasteiger partial charge in [0.15, 0.2) is 0 Å². The van der Waals surface area contributed by atoms with E-state index in [-0.39, 0.29) is 5.75 Å². The molecule has 2 aliphatic heterocycles. The van der Waals surface area contributed by atoms with E-state index in [1.807, 2.05) is 6.07 Å². The van der Waals surface area contributed by atoms with E-state index >= 15 is 0 Å².